The van der Waals surface area contributed by atoms with Crippen LogP contribution in [0.3, 0.4) is 0 Å². The molecule has 0 aromatic heterocycles. The van der Waals surface area contributed by atoms with E-state index in [1.54, 1.807) is 11.9 Å². The number of hydrogen-bond donors (Lipinski definition) is 0. The number of hydrogen-bond acceptors (Lipinski definition) is 2. The van der Waals surface area contributed by atoms with Crippen LogP contribution in [0, 0.1) is 0 Å². The normalized spacial score (nSPS) is 30.2. The summed E-state index contributed by atoms with van der Waals surface area (Å²) in [6.07, 6.45) is 1.48. The van der Waals surface area contributed by atoms with Gasteiger partial charge in [0.15, 0.2) is 0 Å². The van der Waals surface area contributed by atoms with Gasteiger partial charge in [-0.15, -0.1) is 0 Å². The van der Waals surface area contributed by atoms with Gasteiger partial charge in [-0.05, 0) is 12.8 Å². The first-order chi connectivity index (χ1) is 6.11. The van der Waals surface area contributed by atoms with E-state index in [2.05, 4.69) is 0 Å². The van der Waals surface area contributed by atoms with Gasteiger partial charge >= 0.3 is 6.03 Å². The van der Waals surface area contributed by atoms with E-state index in [1.165, 1.54) is 4.90 Å². The Morgan fingerprint density at radius 2 is 2.14 bits per heavy atom. The van der Waals surface area contributed by atoms with Gasteiger partial charge in [0.2, 0.25) is 0 Å². The fourth-order valence-electron chi connectivity index (χ4n) is 2.11. The number of carbonyl (C=O) groups is 2. The van der Waals surface area contributed by atoms with Crippen LogP contribution < -0.4 is 0 Å². The number of amides is 3. The maximum Gasteiger partial charge on any atom is 0.320 e. The van der Waals surface area contributed by atoms with Crippen molar-refractivity contribution < 1.29 is 42.3 Å². The quantitative estimate of drug-likeness (QED) is 0.695. The Kier molecular flexibility index (Phi) is 3.53. The smallest absolute Gasteiger partial charge is 0.320 e. The van der Waals surface area contributed by atoms with Crippen molar-refractivity contribution in [2.24, 2.45) is 0 Å². The van der Waals surface area contributed by atoms with Crippen molar-refractivity contribution in [2.45, 2.75) is 24.9 Å². The summed E-state index contributed by atoms with van der Waals surface area (Å²) in [7, 11) is 1.75. The zero-order valence-corrected chi connectivity index (χ0v) is 10.9. The monoisotopic (exact) mass is 271 g/mol. The molecular formula is C8H12N3O2Y-. The maximum absolute atomic E-state index is 11.5. The van der Waals surface area contributed by atoms with Gasteiger partial charge in [-0.3, -0.25) is 0 Å². The van der Waals surface area contributed by atoms with Crippen molar-refractivity contribution in [3.8, 4) is 0 Å². The van der Waals surface area contributed by atoms with E-state index in [4.69, 9.17) is 5.73 Å². The molecule has 0 aromatic rings. The summed E-state index contributed by atoms with van der Waals surface area (Å²) in [5, 5.41) is 0. The Morgan fingerprint density at radius 1 is 1.50 bits per heavy atom. The molecule has 2 aliphatic rings. The van der Waals surface area contributed by atoms with Crippen LogP contribution >= 0.6 is 0 Å². The molecule has 2 fully saturated rings. The molecule has 1 N–H and O–H groups in total. The summed E-state index contributed by atoms with van der Waals surface area (Å²) in [5.74, 6) is -0.637. The fraction of sp³-hybridized carbons (Fsp3) is 0.750. The molecule has 0 spiro atoms. The minimum atomic E-state index is -0.637. The van der Waals surface area contributed by atoms with Gasteiger partial charge in [0.05, 0.1) is 18.0 Å². The second kappa shape index (κ2) is 4.15. The Morgan fingerprint density at radius 3 is 2.71 bits per heavy atom. The summed E-state index contributed by atoms with van der Waals surface area (Å²) in [4.78, 5) is 25.6. The number of piperidine rings is 1. The van der Waals surface area contributed by atoms with E-state index in [-0.39, 0.29) is 44.8 Å². The third-order valence-corrected chi connectivity index (χ3v) is 2.95. The first-order valence-corrected chi connectivity index (χ1v) is 4.40. The summed E-state index contributed by atoms with van der Waals surface area (Å²) in [5.41, 5.74) is 7.03. The summed E-state index contributed by atoms with van der Waals surface area (Å²) < 4.78 is 0. The van der Waals surface area contributed by atoms with Crippen molar-refractivity contribution in [1.82, 2.24) is 9.80 Å². The molecule has 5 nitrogen and oxygen atoms in total. The van der Waals surface area contributed by atoms with Crippen molar-refractivity contribution in [1.29, 1.82) is 0 Å². The van der Waals surface area contributed by atoms with Gasteiger partial charge in [0.25, 0.3) is 0 Å². The molecule has 2 atom stereocenters. The number of urea groups is 1. The SMILES string of the molecule is CN1C(=O)N2C[C@H]1CC[C@H]2C([NH-])=O.[Y]. The molecule has 2 rings (SSSR count). The topological polar surface area (TPSA) is 64.4 Å². The molecular weight excluding hydrogens is 259 g/mol. The van der Waals surface area contributed by atoms with Crippen LogP contribution in [0.5, 0.6) is 0 Å². The predicted molar refractivity (Wildman–Crippen MR) is 46.0 cm³/mol. The van der Waals surface area contributed by atoms with Crippen molar-refractivity contribution >= 4 is 11.9 Å². The first-order valence-electron chi connectivity index (χ1n) is 4.40. The van der Waals surface area contributed by atoms with Crippen LogP contribution in [0.15, 0.2) is 0 Å². The zero-order chi connectivity index (χ0) is 9.59. The van der Waals surface area contributed by atoms with Crippen LogP contribution in [0.25, 0.3) is 5.73 Å². The molecule has 2 saturated heterocycles. The third-order valence-electron chi connectivity index (χ3n) is 2.95. The predicted octanol–water partition coefficient (Wildman–Crippen LogP) is 0.461. The molecule has 0 aliphatic carbocycles. The van der Waals surface area contributed by atoms with E-state index < -0.39 is 11.9 Å². The molecule has 75 valence electrons. The van der Waals surface area contributed by atoms with Gasteiger partial charge in [-0.2, -0.15) is 0 Å². The van der Waals surface area contributed by atoms with Gasteiger partial charge < -0.3 is 20.3 Å². The second-order valence-corrected chi connectivity index (χ2v) is 3.66. The molecule has 0 unspecified atom stereocenters. The molecule has 3 amide bonds. The molecule has 0 saturated carbocycles. The maximum atomic E-state index is 11.5. The van der Waals surface area contributed by atoms with E-state index in [0.29, 0.717) is 13.0 Å². The van der Waals surface area contributed by atoms with E-state index in [9.17, 15) is 9.59 Å². The molecule has 1 radical (unpaired) electrons. The Hall–Kier alpha value is -0.156. The Balaban J connectivity index is 0.000000980. The first kappa shape index (κ1) is 11.9. The van der Waals surface area contributed by atoms with Crippen molar-refractivity contribution in [3.05, 3.63) is 5.73 Å². The standard InChI is InChI=1S/C8H13N3O2.Y/c1-10-5-2-3-6(7(9)12)11(4-5)8(10)13;/h5-6H,2-4H2,1H3,(H2,9,12);/p-1/t5-,6+;/m1./s1. The van der Waals surface area contributed by atoms with E-state index in [1.807, 2.05) is 0 Å². The van der Waals surface area contributed by atoms with Crippen LogP contribution in [0.2, 0.25) is 0 Å². The zero-order valence-electron chi connectivity index (χ0n) is 8.06. The number of fused-ring (bicyclic) bond motifs is 2. The summed E-state index contributed by atoms with van der Waals surface area (Å²) >= 11 is 0. The molecule has 2 heterocycles. The number of likely N-dealkylation sites (N-methyl/N-ethyl adjacent to an activating group) is 1. The molecule has 6 heteroatoms. The average molecular weight is 271 g/mol. The fourth-order valence-corrected chi connectivity index (χ4v) is 2.11. The number of rotatable bonds is 1. The van der Waals surface area contributed by atoms with Crippen molar-refractivity contribution in [3.63, 3.8) is 0 Å². The minimum Gasteiger partial charge on any atom is -0.666 e. The van der Waals surface area contributed by atoms with Crippen LogP contribution in [0.4, 0.5) is 4.79 Å². The Bertz CT molecular complexity index is 271. The molecule has 14 heavy (non-hydrogen) atoms. The average Bonchev–Trinajstić information content (AvgIpc) is 2.32. The van der Waals surface area contributed by atoms with Gasteiger partial charge in [0.1, 0.15) is 0 Å². The van der Waals surface area contributed by atoms with Gasteiger partial charge in [0, 0.05) is 46.3 Å². The van der Waals surface area contributed by atoms with Gasteiger partial charge in [-0.1, -0.05) is 0 Å². The number of nitrogens with one attached hydrogen (secondary N) is 1. The molecule has 0 aromatic carbocycles. The second-order valence-electron chi connectivity index (χ2n) is 3.66. The number of carbonyl (C=O) groups excluding carboxylic acids is 2. The van der Waals surface area contributed by atoms with Crippen LogP contribution in [0.1, 0.15) is 12.8 Å². The van der Waals surface area contributed by atoms with E-state index >= 15 is 0 Å². The Labute approximate surface area is 108 Å². The van der Waals surface area contributed by atoms with E-state index in [0.717, 1.165) is 6.42 Å². The minimum absolute atomic E-state index is 0. The largest absolute Gasteiger partial charge is 0.666 e. The van der Waals surface area contributed by atoms with Gasteiger partial charge in [-0.25, -0.2) is 4.79 Å². The summed E-state index contributed by atoms with van der Waals surface area (Å²) in [6.45, 7) is 0.616. The van der Waals surface area contributed by atoms with Crippen LogP contribution in [-0.4, -0.2) is 47.4 Å². The third kappa shape index (κ3) is 1.67. The molecule has 2 aliphatic heterocycles. The number of nitrogens with zero attached hydrogens (tertiary/aromatic N) is 2. The molecule has 2 bridgehead atoms. The van der Waals surface area contributed by atoms with Crippen LogP contribution in [-0.2, 0) is 37.5 Å². The summed E-state index contributed by atoms with van der Waals surface area (Å²) in [6, 6.07) is -0.343. The van der Waals surface area contributed by atoms with Crippen molar-refractivity contribution in [2.75, 3.05) is 13.6 Å².